The maximum atomic E-state index is 13.1. The number of morpholine rings is 1. The Morgan fingerprint density at radius 3 is 2.72 bits per heavy atom. The second-order valence-corrected chi connectivity index (χ2v) is 8.08. The normalized spacial score (nSPS) is 17.8. The molecule has 0 spiro atoms. The van der Waals surface area contributed by atoms with Gasteiger partial charge in [-0.1, -0.05) is 30.3 Å². The second kappa shape index (κ2) is 10.1. The molecule has 2 atom stereocenters. The van der Waals surface area contributed by atoms with Gasteiger partial charge < -0.3 is 14.5 Å². The lowest BCUT2D eigenvalue weighted by Crippen LogP contribution is -2.48. The van der Waals surface area contributed by atoms with Crippen molar-refractivity contribution >= 4 is 5.91 Å². The maximum Gasteiger partial charge on any atom is 0.226 e. The zero-order chi connectivity index (χ0) is 22.5. The van der Waals surface area contributed by atoms with Gasteiger partial charge in [-0.3, -0.25) is 9.69 Å². The molecule has 3 aromatic rings. The minimum atomic E-state index is -0.321. The highest BCUT2D eigenvalue weighted by Gasteiger charge is 2.25. The number of aromatic nitrogens is 1. The number of rotatable bonds is 7. The van der Waals surface area contributed by atoms with E-state index in [-0.39, 0.29) is 24.2 Å². The molecular weight excluding hydrogens is 409 g/mol. The van der Waals surface area contributed by atoms with E-state index in [1.165, 1.54) is 17.7 Å². The van der Waals surface area contributed by atoms with E-state index in [1.54, 1.807) is 19.1 Å². The van der Waals surface area contributed by atoms with Crippen LogP contribution in [-0.4, -0.2) is 48.1 Å². The predicted molar refractivity (Wildman–Crippen MR) is 120 cm³/mol. The van der Waals surface area contributed by atoms with Gasteiger partial charge in [-0.2, -0.15) is 0 Å². The van der Waals surface area contributed by atoms with E-state index in [9.17, 15) is 9.18 Å². The lowest BCUT2D eigenvalue weighted by atomic mass is 10.1. The van der Waals surface area contributed by atoms with E-state index in [4.69, 9.17) is 9.15 Å². The summed E-state index contributed by atoms with van der Waals surface area (Å²) in [6.45, 7) is 6.68. The van der Waals surface area contributed by atoms with Gasteiger partial charge in [0.15, 0.2) is 0 Å². The van der Waals surface area contributed by atoms with Crippen molar-refractivity contribution in [2.24, 2.45) is 0 Å². The molecule has 0 saturated carbocycles. The Balaban J connectivity index is 1.30. The van der Waals surface area contributed by atoms with Crippen LogP contribution in [0.3, 0.4) is 0 Å². The molecule has 0 aliphatic carbocycles. The Hall–Kier alpha value is -3.03. The molecule has 1 saturated heterocycles. The summed E-state index contributed by atoms with van der Waals surface area (Å²) < 4.78 is 24.7. The third kappa shape index (κ3) is 5.41. The van der Waals surface area contributed by atoms with Crippen LogP contribution in [0.15, 0.2) is 59.0 Å². The lowest BCUT2D eigenvalue weighted by Gasteiger charge is -2.37. The number of nitrogens with one attached hydrogen (secondary N) is 1. The Morgan fingerprint density at radius 2 is 1.97 bits per heavy atom. The minimum absolute atomic E-state index is 0.0629. The van der Waals surface area contributed by atoms with Crippen LogP contribution in [0.2, 0.25) is 0 Å². The zero-order valence-electron chi connectivity index (χ0n) is 18.4. The van der Waals surface area contributed by atoms with Crippen LogP contribution >= 0.6 is 0 Å². The standard InChI is InChI=1S/C25H28FN3O3/c1-17(19-6-4-3-5-7-19)29-12-13-31-22(16-29)15-27-24(30)14-23-18(2)32-25(28-23)20-8-10-21(26)11-9-20/h3-11,17,22H,12-16H2,1-2H3,(H,27,30)/t17?,22-/m0/s1. The number of amides is 1. The van der Waals surface area contributed by atoms with Crippen LogP contribution in [0.1, 0.15) is 30.0 Å². The van der Waals surface area contributed by atoms with Crippen molar-refractivity contribution in [1.82, 2.24) is 15.2 Å². The summed E-state index contributed by atoms with van der Waals surface area (Å²) >= 11 is 0. The van der Waals surface area contributed by atoms with E-state index in [1.807, 2.05) is 6.07 Å². The summed E-state index contributed by atoms with van der Waals surface area (Å²) in [7, 11) is 0. The van der Waals surface area contributed by atoms with Crippen LogP contribution in [0.5, 0.6) is 0 Å². The summed E-state index contributed by atoms with van der Waals surface area (Å²) in [5.74, 6) is 0.505. The maximum absolute atomic E-state index is 13.1. The lowest BCUT2D eigenvalue weighted by molar-refractivity contribution is -0.121. The summed E-state index contributed by atoms with van der Waals surface area (Å²) in [6, 6.07) is 16.6. The molecule has 2 heterocycles. The van der Waals surface area contributed by atoms with Crippen molar-refractivity contribution in [1.29, 1.82) is 0 Å². The van der Waals surface area contributed by atoms with Crippen molar-refractivity contribution in [2.75, 3.05) is 26.2 Å². The fraction of sp³-hybridized carbons (Fsp3) is 0.360. The number of aryl methyl sites for hydroxylation is 1. The quantitative estimate of drug-likeness (QED) is 0.607. The molecule has 32 heavy (non-hydrogen) atoms. The first-order chi connectivity index (χ1) is 15.5. The first kappa shape index (κ1) is 22.2. The monoisotopic (exact) mass is 437 g/mol. The molecule has 0 bridgehead atoms. The van der Waals surface area contributed by atoms with E-state index in [2.05, 4.69) is 46.4 Å². The van der Waals surface area contributed by atoms with Crippen molar-refractivity contribution < 1.29 is 18.3 Å². The molecule has 7 heteroatoms. The van der Waals surface area contributed by atoms with Gasteiger partial charge in [0, 0.05) is 31.2 Å². The largest absolute Gasteiger partial charge is 0.441 e. The molecule has 6 nitrogen and oxygen atoms in total. The molecule has 1 aromatic heterocycles. The Morgan fingerprint density at radius 1 is 1.22 bits per heavy atom. The molecular formula is C25H28FN3O3. The van der Waals surface area contributed by atoms with E-state index >= 15 is 0 Å². The fourth-order valence-corrected chi connectivity index (χ4v) is 3.91. The van der Waals surface area contributed by atoms with Crippen molar-refractivity contribution in [3.05, 3.63) is 77.4 Å². The first-order valence-corrected chi connectivity index (χ1v) is 10.9. The Labute approximate surface area is 187 Å². The summed E-state index contributed by atoms with van der Waals surface area (Å²) in [5.41, 5.74) is 2.52. The second-order valence-electron chi connectivity index (χ2n) is 8.08. The summed E-state index contributed by atoms with van der Waals surface area (Å²) in [6.07, 6.45) is 0.0555. The van der Waals surface area contributed by atoms with Gasteiger partial charge in [0.25, 0.3) is 0 Å². The number of hydrogen-bond acceptors (Lipinski definition) is 5. The molecule has 1 N–H and O–H groups in total. The molecule has 1 aliphatic rings. The van der Waals surface area contributed by atoms with Crippen LogP contribution in [0, 0.1) is 12.7 Å². The fourth-order valence-electron chi connectivity index (χ4n) is 3.91. The molecule has 1 aliphatic heterocycles. The molecule has 168 valence electrons. The molecule has 1 unspecified atom stereocenters. The number of nitrogens with zero attached hydrogens (tertiary/aromatic N) is 2. The third-order valence-corrected chi connectivity index (χ3v) is 5.84. The molecule has 1 fully saturated rings. The van der Waals surface area contributed by atoms with Gasteiger partial charge in [0.2, 0.25) is 11.8 Å². The first-order valence-electron chi connectivity index (χ1n) is 10.9. The van der Waals surface area contributed by atoms with Crippen LogP contribution < -0.4 is 5.32 Å². The number of oxazole rings is 1. The molecule has 4 rings (SSSR count). The predicted octanol–water partition coefficient (Wildman–Crippen LogP) is 3.91. The van der Waals surface area contributed by atoms with Gasteiger partial charge in [-0.05, 0) is 43.7 Å². The molecule has 1 amide bonds. The molecule has 0 radical (unpaired) electrons. The van der Waals surface area contributed by atoms with Gasteiger partial charge in [-0.25, -0.2) is 9.37 Å². The summed E-state index contributed by atoms with van der Waals surface area (Å²) in [4.78, 5) is 19.3. The van der Waals surface area contributed by atoms with Crippen molar-refractivity contribution in [2.45, 2.75) is 32.4 Å². The van der Waals surface area contributed by atoms with Gasteiger partial charge in [0.1, 0.15) is 11.6 Å². The zero-order valence-corrected chi connectivity index (χ0v) is 18.4. The number of hydrogen-bond donors (Lipinski definition) is 1. The number of ether oxygens (including phenoxy) is 1. The Bertz CT molecular complexity index is 1040. The van der Waals surface area contributed by atoms with E-state index in [0.29, 0.717) is 42.1 Å². The molecule has 2 aromatic carbocycles. The van der Waals surface area contributed by atoms with Crippen molar-refractivity contribution in [3.8, 4) is 11.5 Å². The minimum Gasteiger partial charge on any atom is -0.441 e. The van der Waals surface area contributed by atoms with Crippen molar-refractivity contribution in [3.63, 3.8) is 0 Å². The van der Waals surface area contributed by atoms with Crippen LogP contribution in [0.4, 0.5) is 4.39 Å². The topological polar surface area (TPSA) is 67.6 Å². The third-order valence-electron chi connectivity index (χ3n) is 5.84. The van der Waals surface area contributed by atoms with Crippen LogP contribution in [0.25, 0.3) is 11.5 Å². The average Bonchev–Trinajstić information content (AvgIpc) is 3.18. The van der Waals surface area contributed by atoms with Gasteiger partial charge >= 0.3 is 0 Å². The van der Waals surface area contributed by atoms with Gasteiger partial charge in [0.05, 0.1) is 24.8 Å². The van der Waals surface area contributed by atoms with E-state index < -0.39 is 0 Å². The average molecular weight is 438 g/mol. The van der Waals surface area contributed by atoms with Crippen LogP contribution in [-0.2, 0) is 16.0 Å². The van der Waals surface area contributed by atoms with Gasteiger partial charge in [-0.15, -0.1) is 0 Å². The number of halogens is 1. The highest BCUT2D eigenvalue weighted by atomic mass is 19.1. The number of benzene rings is 2. The summed E-state index contributed by atoms with van der Waals surface area (Å²) in [5, 5.41) is 2.96. The van der Waals surface area contributed by atoms with E-state index in [0.717, 1.165) is 13.1 Å². The smallest absolute Gasteiger partial charge is 0.226 e. The highest BCUT2D eigenvalue weighted by Crippen LogP contribution is 2.23. The number of carbonyl (C=O) groups excluding carboxylic acids is 1. The SMILES string of the molecule is Cc1oc(-c2ccc(F)cc2)nc1CC(=O)NC[C@H]1CN(C(C)c2ccccc2)CCO1. The Kier molecular flexibility index (Phi) is 6.97. The highest BCUT2D eigenvalue weighted by molar-refractivity contribution is 5.78. The number of carbonyl (C=O) groups is 1.